The van der Waals surface area contributed by atoms with Gasteiger partial charge in [0, 0.05) is 47.4 Å². The van der Waals surface area contributed by atoms with Gasteiger partial charge >= 0.3 is 0 Å². The van der Waals surface area contributed by atoms with E-state index >= 15 is 0 Å². The van der Waals surface area contributed by atoms with Gasteiger partial charge in [-0.25, -0.2) is 0 Å². The Hall–Kier alpha value is -3.16. The molecule has 0 saturated carbocycles. The van der Waals surface area contributed by atoms with E-state index in [2.05, 4.69) is 15.2 Å². The summed E-state index contributed by atoms with van der Waals surface area (Å²) in [4.78, 5) is 19.2. The first-order chi connectivity index (χ1) is 16.2. The molecule has 1 fully saturated rings. The van der Waals surface area contributed by atoms with Gasteiger partial charge in [0.2, 0.25) is 0 Å². The molecule has 2 aromatic heterocycles. The van der Waals surface area contributed by atoms with Crippen molar-refractivity contribution in [3.05, 3.63) is 89.2 Å². The zero-order valence-corrected chi connectivity index (χ0v) is 19.5. The number of nitrogens with zero attached hydrogens (tertiary/aromatic N) is 5. The van der Waals surface area contributed by atoms with Gasteiger partial charge in [-0.05, 0) is 54.8 Å². The van der Waals surface area contributed by atoms with Crippen LogP contribution in [0.4, 0.5) is 0 Å². The highest BCUT2D eigenvalue weighted by molar-refractivity contribution is 7.98. The number of benzene rings is 2. The Balaban J connectivity index is 1.48. The molecule has 0 aliphatic carbocycles. The van der Waals surface area contributed by atoms with Crippen molar-refractivity contribution in [3.63, 3.8) is 0 Å². The number of likely N-dealkylation sites (tertiary alicyclic amines) is 1. The smallest absolute Gasteiger partial charge is 0.254 e. The molecule has 0 unspecified atom stereocenters. The van der Waals surface area contributed by atoms with Gasteiger partial charge in [-0.1, -0.05) is 47.6 Å². The zero-order valence-electron chi connectivity index (χ0n) is 17.9. The molecule has 4 aromatic rings. The van der Waals surface area contributed by atoms with Gasteiger partial charge in [0.25, 0.3) is 5.91 Å². The van der Waals surface area contributed by atoms with Crippen LogP contribution >= 0.6 is 23.4 Å². The van der Waals surface area contributed by atoms with E-state index in [4.69, 9.17) is 11.6 Å². The summed E-state index contributed by atoms with van der Waals surface area (Å²) in [6.45, 7) is 1.66. The summed E-state index contributed by atoms with van der Waals surface area (Å²) in [5, 5.41) is 10.3. The number of hydrogen-bond acceptors (Lipinski definition) is 5. The van der Waals surface area contributed by atoms with Gasteiger partial charge < -0.3 is 4.90 Å². The number of hydrogen-bond donors (Lipinski definition) is 0. The molecule has 0 bridgehead atoms. The molecule has 166 valence electrons. The summed E-state index contributed by atoms with van der Waals surface area (Å²) >= 11 is 7.83. The summed E-state index contributed by atoms with van der Waals surface area (Å²) in [6, 6.07) is 19.3. The van der Waals surface area contributed by atoms with E-state index in [1.54, 1.807) is 24.2 Å². The van der Waals surface area contributed by atoms with E-state index < -0.39 is 0 Å². The first-order valence-corrected chi connectivity index (χ1v) is 12.2. The van der Waals surface area contributed by atoms with Crippen molar-refractivity contribution in [1.29, 1.82) is 0 Å². The van der Waals surface area contributed by atoms with Crippen molar-refractivity contribution in [1.82, 2.24) is 24.6 Å². The number of carbonyl (C=O) groups excluding carboxylic acids is 1. The van der Waals surface area contributed by atoms with Crippen LogP contribution in [0.25, 0.3) is 17.1 Å². The highest BCUT2D eigenvalue weighted by atomic mass is 35.5. The van der Waals surface area contributed by atoms with Gasteiger partial charge in [0.15, 0.2) is 11.0 Å². The fourth-order valence-electron chi connectivity index (χ4n) is 3.98. The number of amides is 1. The van der Waals surface area contributed by atoms with E-state index in [0.717, 1.165) is 53.5 Å². The normalized spacial score (nSPS) is 13.4. The molecule has 1 aliphatic rings. The maximum atomic E-state index is 13.1. The molecule has 0 spiro atoms. The monoisotopic (exact) mass is 475 g/mol. The van der Waals surface area contributed by atoms with Crippen LogP contribution in [0.3, 0.4) is 0 Å². The summed E-state index contributed by atoms with van der Waals surface area (Å²) in [6.07, 6.45) is 5.64. The van der Waals surface area contributed by atoms with Crippen molar-refractivity contribution in [2.24, 2.45) is 0 Å². The van der Waals surface area contributed by atoms with Crippen molar-refractivity contribution in [3.8, 4) is 17.1 Å². The second kappa shape index (κ2) is 9.77. The first kappa shape index (κ1) is 21.7. The van der Waals surface area contributed by atoms with Crippen LogP contribution in [0.15, 0.2) is 78.2 Å². The predicted octanol–water partition coefficient (Wildman–Crippen LogP) is 5.51. The second-order valence-electron chi connectivity index (χ2n) is 7.81. The molecule has 1 amide bonds. The fraction of sp³-hybridized carbons (Fsp3) is 0.200. The highest BCUT2D eigenvalue weighted by Crippen LogP contribution is 2.31. The Morgan fingerprint density at radius 1 is 1.00 bits per heavy atom. The number of carbonyl (C=O) groups is 1. The number of halogens is 1. The summed E-state index contributed by atoms with van der Waals surface area (Å²) in [5.41, 5.74) is 3.48. The maximum absolute atomic E-state index is 13.1. The second-order valence-corrected chi connectivity index (χ2v) is 9.19. The van der Waals surface area contributed by atoms with E-state index in [1.165, 1.54) is 0 Å². The Labute approximate surface area is 201 Å². The van der Waals surface area contributed by atoms with Crippen molar-refractivity contribution >= 4 is 29.3 Å². The van der Waals surface area contributed by atoms with Crippen LogP contribution in [0.5, 0.6) is 0 Å². The molecular formula is C25H22ClN5OS. The Morgan fingerprint density at radius 3 is 2.64 bits per heavy atom. The standard InChI is InChI=1S/C25H22ClN5OS/c26-20-9-5-10-21(15-20)31-23(18-8-6-12-27-16-18)28-29-25(31)33-17-19-7-1-2-11-22(19)24(32)30-13-3-4-14-30/h1-2,5-12,15-16H,3-4,13-14,17H2. The van der Waals surface area contributed by atoms with Gasteiger partial charge in [-0.2, -0.15) is 0 Å². The van der Waals surface area contributed by atoms with Crippen LogP contribution in [0, 0.1) is 0 Å². The van der Waals surface area contributed by atoms with E-state index in [-0.39, 0.29) is 5.91 Å². The van der Waals surface area contributed by atoms with Gasteiger partial charge in [0.1, 0.15) is 0 Å². The minimum atomic E-state index is 0.107. The molecule has 0 radical (unpaired) electrons. The lowest BCUT2D eigenvalue weighted by atomic mass is 10.1. The number of rotatable bonds is 6. The lowest BCUT2D eigenvalue weighted by Gasteiger charge is -2.17. The average molecular weight is 476 g/mol. The van der Waals surface area contributed by atoms with Crippen LogP contribution < -0.4 is 0 Å². The van der Waals surface area contributed by atoms with Gasteiger partial charge in [-0.15, -0.1) is 10.2 Å². The maximum Gasteiger partial charge on any atom is 0.254 e. The lowest BCUT2D eigenvalue weighted by molar-refractivity contribution is 0.0792. The average Bonchev–Trinajstić information content (AvgIpc) is 3.53. The third kappa shape index (κ3) is 4.65. The van der Waals surface area contributed by atoms with E-state index in [9.17, 15) is 4.79 Å². The molecule has 1 aliphatic heterocycles. The largest absolute Gasteiger partial charge is 0.339 e. The Kier molecular flexibility index (Phi) is 6.41. The SMILES string of the molecule is O=C(c1ccccc1CSc1nnc(-c2cccnc2)n1-c1cccc(Cl)c1)N1CCCC1. The minimum Gasteiger partial charge on any atom is -0.339 e. The third-order valence-corrected chi connectivity index (χ3v) is 6.83. The van der Waals surface area contributed by atoms with E-state index in [1.807, 2.05) is 70.1 Å². The molecule has 0 atom stereocenters. The lowest BCUT2D eigenvalue weighted by Crippen LogP contribution is -2.28. The summed E-state index contributed by atoms with van der Waals surface area (Å²) < 4.78 is 1.98. The molecular weight excluding hydrogens is 454 g/mol. The number of aromatic nitrogens is 4. The van der Waals surface area contributed by atoms with Crippen LogP contribution in [0.1, 0.15) is 28.8 Å². The zero-order chi connectivity index (χ0) is 22.6. The van der Waals surface area contributed by atoms with Crippen LogP contribution in [-0.2, 0) is 5.75 Å². The Bertz CT molecular complexity index is 1270. The topological polar surface area (TPSA) is 63.9 Å². The molecule has 1 saturated heterocycles. The molecule has 3 heterocycles. The number of thioether (sulfide) groups is 1. The molecule has 2 aromatic carbocycles. The fourth-order valence-corrected chi connectivity index (χ4v) is 5.12. The van der Waals surface area contributed by atoms with Crippen LogP contribution in [0.2, 0.25) is 5.02 Å². The van der Waals surface area contributed by atoms with Crippen molar-refractivity contribution < 1.29 is 4.79 Å². The van der Waals surface area contributed by atoms with Crippen molar-refractivity contribution in [2.75, 3.05) is 13.1 Å². The first-order valence-electron chi connectivity index (χ1n) is 10.8. The van der Waals surface area contributed by atoms with E-state index in [0.29, 0.717) is 16.6 Å². The third-order valence-electron chi connectivity index (χ3n) is 5.62. The van der Waals surface area contributed by atoms with Crippen LogP contribution in [-0.4, -0.2) is 43.6 Å². The molecule has 5 rings (SSSR count). The van der Waals surface area contributed by atoms with Gasteiger partial charge in [0.05, 0.1) is 5.69 Å². The quantitative estimate of drug-likeness (QED) is 0.344. The predicted molar refractivity (Wildman–Crippen MR) is 131 cm³/mol. The Morgan fingerprint density at radius 2 is 1.85 bits per heavy atom. The number of pyridine rings is 1. The molecule has 0 N–H and O–H groups in total. The molecule has 6 nitrogen and oxygen atoms in total. The highest BCUT2D eigenvalue weighted by Gasteiger charge is 2.22. The van der Waals surface area contributed by atoms with Gasteiger partial charge in [-0.3, -0.25) is 14.3 Å². The van der Waals surface area contributed by atoms with Crippen molar-refractivity contribution in [2.45, 2.75) is 23.8 Å². The molecule has 8 heteroatoms. The summed E-state index contributed by atoms with van der Waals surface area (Å²) in [5.74, 6) is 1.40. The molecule has 33 heavy (non-hydrogen) atoms. The summed E-state index contributed by atoms with van der Waals surface area (Å²) in [7, 11) is 0. The minimum absolute atomic E-state index is 0.107.